The number of nitrogens with zero attached hydrogens (tertiary/aromatic N) is 2. The molecule has 0 atom stereocenters. The zero-order valence-electron chi connectivity index (χ0n) is 7.45. The van der Waals surface area contributed by atoms with Gasteiger partial charge in [-0.25, -0.2) is 0 Å². The van der Waals surface area contributed by atoms with Crippen LogP contribution in [0.1, 0.15) is 5.69 Å². The molecule has 0 radical (unpaired) electrons. The van der Waals surface area contributed by atoms with Crippen molar-refractivity contribution in [2.75, 3.05) is 13.6 Å². The zero-order valence-corrected chi connectivity index (χ0v) is 7.45. The standard InChI is InChI=1S/C9H15N3/c1-3-8-12-9(4-6-10-2)5-7-11-12/h3,5,7,10H,1,4,6,8H2,2H3. The van der Waals surface area contributed by atoms with E-state index in [-0.39, 0.29) is 0 Å². The molecular weight excluding hydrogens is 150 g/mol. The van der Waals surface area contributed by atoms with Crippen molar-refractivity contribution in [3.63, 3.8) is 0 Å². The Morgan fingerprint density at radius 1 is 1.75 bits per heavy atom. The summed E-state index contributed by atoms with van der Waals surface area (Å²) < 4.78 is 1.96. The van der Waals surface area contributed by atoms with Crippen molar-refractivity contribution in [3.05, 3.63) is 30.6 Å². The summed E-state index contributed by atoms with van der Waals surface area (Å²) in [7, 11) is 1.95. The Morgan fingerprint density at radius 3 is 3.25 bits per heavy atom. The first-order valence-electron chi connectivity index (χ1n) is 4.14. The number of allylic oxidation sites excluding steroid dienone is 1. The number of hydrogen-bond donors (Lipinski definition) is 1. The van der Waals surface area contributed by atoms with Gasteiger partial charge in [0.05, 0.1) is 6.54 Å². The largest absolute Gasteiger partial charge is 0.319 e. The lowest BCUT2D eigenvalue weighted by atomic mass is 10.3. The smallest absolute Gasteiger partial charge is 0.0590 e. The van der Waals surface area contributed by atoms with Crippen LogP contribution >= 0.6 is 0 Å². The summed E-state index contributed by atoms with van der Waals surface area (Å²) >= 11 is 0. The molecule has 0 unspecified atom stereocenters. The third kappa shape index (κ3) is 2.20. The van der Waals surface area contributed by atoms with Gasteiger partial charge in [0.2, 0.25) is 0 Å². The molecule has 12 heavy (non-hydrogen) atoms. The van der Waals surface area contributed by atoms with E-state index in [2.05, 4.69) is 17.0 Å². The molecule has 1 heterocycles. The molecule has 0 fully saturated rings. The van der Waals surface area contributed by atoms with Gasteiger partial charge in [-0.1, -0.05) is 6.08 Å². The average Bonchev–Trinajstić information content (AvgIpc) is 2.50. The molecule has 0 aliphatic carbocycles. The summed E-state index contributed by atoms with van der Waals surface area (Å²) in [5, 5.41) is 7.28. The molecule has 0 saturated carbocycles. The quantitative estimate of drug-likeness (QED) is 0.655. The molecule has 3 nitrogen and oxygen atoms in total. The minimum atomic E-state index is 0.798. The highest BCUT2D eigenvalue weighted by Crippen LogP contribution is 1.99. The van der Waals surface area contributed by atoms with Gasteiger partial charge in [0.15, 0.2) is 0 Å². The topological polar surface area (TPSA) is 29.9 Å². The van der Waals surface area contributed by atoms with E-state index < -0.39 is 0 Å². The Bertz CT molecular complexity index is 240. The third-order valence-corrected chi connectivity index (χ3v) is 1.74. The van der Waals surface area contributed by atoms with Crippen LogP contribution in [0.5, 0.6) is 0 Å². The summed E-state index contributed by atoms with van der Waals surface area (Å²) in [6.07, 6.45) is 4.70. The number of likely N-dealkylation sites (N-methyl/N-ethyl adjacent to an activating group) is 1. The van der Waals surface area contributed by atoms with Gasteiger partial charge in [-0.15, -0.1) is 6.58 Å². The zero-order chi connectivity index (χ0) is 8.81. The van der Waals surface area contributed by atoms with E-state index in [9.17, 15) is 0 Å². The van der Waals surface area contributed by atoms with Crippen LogP contribution in [0.3, 0.4) is 0 Å². The summed E-state index contributed by atoms with van der Waals surface area (Å²) in [5.74, 6) is 0. The number of hydrogen-bond acceptors (Lipinski definition) is 2. The minimum Gasteiger partial charge on any atom is -0.319 e. The van der Waals surface area contributed by atoms with Crippen LogP contribution in [0.2, 0.25) is 0 Å². The molecule has 66 valence electrons. The molecule has 0 saturated heterocycles. The summed E-state index contributed by atoms with van der Waals surface area (Å²) in [6, 6.07) is 2.04. The fraction of sp³-hybridized carbons (Fsp3) is 0.444. The van der Waals surface area contributed by atoms with Crippen molar-refractivity contribution in [2.45, 2.75) is 13.0 Å². The average molecular weight is 165 g/mol. The lowest BCUT2D eigenvalue weighted by Gasteiger charge is -2.03. The SMILES string of the molecule is C=CCn1nccc1CCNC. The van der Waals surface area contributed by atoms with E-state index in [4.69, 9.17) is 0 Å². The van der Waals surface area contributed by atoms with E-state index in [1.54, 1.807) is 0 Å². The minimum absolute atomic E-state index is 0.798. The maximum atomic E-state index is 4.18. The molecule has 0 aromatic carbocycles. The van der Waals surface area contributed by atoms with Gasteiger partial charge in [-0.05, 0) is 13.1 Å². The normalized spacial score (nSPS) is 10.1. The van der Waals surface area contributed by atoms with E-state index in [0.717, 1.165) is 19.5 Å². The predicted molar refractivity (Wildman–Crippen MR) is 50.1 cm³/mol. The number of rotatable bonds is 5. The van der Waals surface area contributed by atoms with Crippen molar-refractivity contribution in [1.29, 1.82) is 0 Å². The molecule has 1 aromatic heterocycles. The monoisotopic (exact) mass is 165 g/mol. The second-order valence-corrected chi connectivity index (χ2v) is 2.65. The molecular formula is C9H15N3. The van der Waals surface area contributed by atoms with Crippen LogP contribution in [0.15, 0.2) is 24.9 Å². The predicted octanol–water partition coefficient (Wildman–Crippen LogP) is 0.831. The third-order valence-electron chi connectivity index (χ3n) is 1.74. The van der Waals surface area contributed by atoms with Crippen molar-refractivity contribution in [2.24, 2.45) is 0 Å². The fourth-order valence-corrected chi connectivity index (χ4v) is 1.11. The second kappa shape index (κ2) is 4.72. The molecule has 0 amide bonds. The molecule has 3 heteroatoms. The second-order valence-electron chi connectivity index (χ2n) is 2.65. The van der Waals surface area contributed by atoms with Gasteiger partial charge >= 0.3 is 0 Å². The maximum Gasteiger partial charge on any atom is 0.0590 e. The molecule has 1 N–H and O–H groups in total. The molecule has 1 aromatic rings. The summed E-state index contributed by atoms with van der Waals surface area (Å²) in [5.41, 5.74) is 1.25. The van der Waals surface area contributed by atoms with E-state index >= 15 is 0 Å². The molecule has 0 bridgehead atoms. The van der Waals surface area contributed by atoms with Crippen LogP contribution < -0.4 is 5.32 Å². The highest BCUT2D eigenvalue weighted by Gasteiger charge is 1.98. The van der Waals surface area contributed by atoms with E-state index in [1.165, 1.54) is 5.69 Å². The van der Waals surface area contributed by atoms with Crippen molar-refractivity contribution in [1.82, 2.24) is 15.1 Å². The molecule has 1 rings (SSSR count). The van der Waals surface area contributed by atoms with Crippen molar-refractivity contribution >= 4 is 0 Å². The summed E-state index contributed by atoms with van der Waals surface area (Å²) in [4.78, 5) is 0. The van der Waals surface area contributed by atoms with Gasteiger partial charge in [-0.2, -0.15) is 5.10 Å². The highest BCUT2D eigenvalue weighted by atomic mass is 15.3. The van der Waals surface area contributed by atoms with E-state index in [0.29, 0.717) is 0 Å². The molecule has 0 spiro atoms. The number of nitrogens with one attached hydrogen (secondary N) is 1. The first-order chi connectivity index (χ1) is 5.88. The Morgan fingerprint density at radius 2 is 2.58 bits per heavy atom. The molecule has 0 aliphatic heterocycles. The highest BCUT2D eigenvalue weighted by molar-refractivity contribution is 5.01. The lowest BCUT2D eigenvalue weighted by Crippen LogP contribution is -2.13. The van der Waals surface area contributed by atoms with Crippen LogP contribution in [-0.2, 0) is 13.0 Å². The van der Waals surface area contributed by atoms with Gasteiger partial charge < -0.3 is 5.32 Å². The van der Waals surface area contributed by atoms with Gasteiger partial charge in [0.1, 0.15) is 0 Å². The van der Waals surface area contributed by atoms with Crippen LogP contribution in [0.4, 0.5) is 0 Å². The Hall–Kier alpha value is -1.09. The Labute approximate surface area is 73.1 Å². The van der Waals surface area contributed by atoms with Gasteiger partial charge in [-0.3, -0.25) is 4.68 Å². The van der Waals surface area contributed by atoms with Crippen molar-refractivity contribution < 1.29 is 0 Å². The number of aromatic nitrogens is 2. The van der Waals surface area contributed by atoms with Crippen LogP contribution in [0, 0.1) is 0 Å². The van der Waals surface area contributed by atoms with Gasteiger partial charge in [0, 0.05) is 24.9 Å². The first-order valence-corrected chi connectivity index (χ1v) is 4.14. The van der Waals surface area contributed by atoms with Crippen LogP contribution in [0.25, 0.3) is 0 Å². The molecule has 0 aliphatic rings. The van der Waals surface area contributed by atoms with Crippen molar-refractivity contribution in [3.8, 4) is 0 Å². The van der Waals surface area contributed by atoms with Gasteiger partial charge in [0.25, 0.3) is 0 Å². The maximum absolute atomic E-state index is 4.18. The van der Waals surface area contributed by atoms with E-state index in [1.807, 2.05) is 30.1 Å². The summed E-state index contributed by atoms with van der Waals surface area (Å²) in [6.45, 7) is 5.47. The fourth-order valence-electron chi connectivity index (χ4n) is 1.11. The first kappa shape index (κ1) is 9.00. The lowest BCUT2D eigenvalue weighted by molar-refractivity contribution is 0.641. The Kier molecular flexibility index (Phi) is 3.54. The van der Waals surface area contributed by atoms with Crippen LogP contribution in [-0.4, -0.2) is 23.4 Å². The Balaban J connectivity index is 2.57.